The van der Waals surface area contributed by atoms with E-state index >= 15 is 0 Å². The van der Waals surface area contributed by atoms with Crippen LogP contribution in [-0.4, -0.2) is 19.3 Å². The molecular formula is C6H13NO. The second-order valence-corrected chi connectivity index (χ2v) is 2.48. The van der Waals surface area contributed by atoms with Gasteiger partial charge in [-0.1, -0.05) is 0 Å². The van der Waals surface area contributed by atoms with Crippen LogP contribution in [0.2, 0.25) is 0 Å². The van der Waals surface area contributed by atoms with Gasteiger partial charge in [-0.05, 0) is 19.3 Å². The van der Waals surface area contributed by atoms with Crippen LogP contribution < -0.4 is 5.73 Å². The third-order valence-electron chi connectivity index (χ3n) is 1.71. The third-order valence-corrected chi connectivity index (χ3v) is 1.71. The maximum atomic E-state index is 5.62. The summed E-state index contributed by atoms with van der Waals surface area (Å²) in [6.07, 6.45) is 1.15. The molecule has 0 aliphatic carbocycles. The van der Waals surface area contributed by atoms with E-state index in [1.807, 2.05) is 6.92 Å². The minimum Gasteiger partial charge on any atom is -0.381 e. The van der Waals surface area contributed by atoms with Crippen LogP contribution in [0.1, 0.15) is 13.3 Å². The van der Waals surface area contributed by atoms with Gasteiger partial charge in [-0.2, -0.15) is 0 Å². The Morgan fingerprint density at radius 3 is 2.75 bits per heavy atom. The summed E-state index contributed by atoms with van der Waals surface area (Å²) in [4.78, 5) is 0. The lowest BCUT2D eigenvalue weighted by atomic mass is 10.0. The van der Waals surface area contributed by atoms with Gasteiger partial charge in [0.05, 0.1) is 6.61 Å². The fourth-order valence-electron chi connectivity index (χ4n) is 0.967. The molecule has 0 aromatic rings. The molecule has 0 spiro atoms. The Morgan fingerprint density at radius 2 is 2.50 bits per heavy atom. The van der Waals surface area contributed by atoms with Crippen LogP contribution in [0.5, 0.6) is 0 Å². The second-order valence-electron chi connectivity index (χ2n) is 2.48. The Hall–Kier alpha value is -0.0800. The van der Waals surface area contributed by atoms with E-state index in [2.05, 4.69) is 0 Å². The average molecular weight is 115 g/mol. The zero-order valence-corrected chi connectivity index (χ0v) is 5.26. The molecule has 1 heterocycles. The van der Waals surface area contributed by atoms with Gasteiger partial charge in [0.25, 0.3) is 0 Å². The Kier molecular flexibility index (Phi) is 1.86. The van der Waals surface area contributed by atoms with Crippen LogP contribution in [0.25, 0.3) is 0 Å². The molecule has 0 saturated carbocycles. The fourth-order valence-corrected chi connectivity index (χ4v) is 0.967. The predicted octanol–water partition coefficient (Wildman–Crippen LogP) is 0.370. The topological polar surface area (TPSA) is 35.2 Å². The molecule has 1 aliphatic heterocycles. The van der Waals surface area contributed by atoms with Crippen molar-refractivity contribution < 1.29 is 4.74 Å². The Bertz CT molecular complexity index is 66.9. The Balaban J connectivity index is 2.24. The van der Waals surface area contributed by atoms with Crippen LogP contribution in [0, 0.1) is 5.92 Å². The summed E-state index contributed by atoms with van der Waals surface area (Å²) in [5.74, 6) is 0.620. The number of rotatable bonds is 1. The molecule has 0 bridgehead atoms. The minimum atomic E-state index is 0.317. The molecule has 0 aromatic carbocycles. The van der Waals surface area contributed by atoms with Gasteiger partial charge < -0.3 is 10.5 Å². The highest BCUT2D eigenvalue weighted by Gasteiger charge is 2.18. The van der Waals surface area contributed by atoms with Gasteiger partial charge in [0, 0.05) is 12.6 Å². The van der Waals surface area contributed by atoms with Crippen LogP contribution in [-0.2, 0) is 4.74 Å². The van der Waals surface area contributed by atoms with E-state index in [0.717, 1.165) is 19.6 Å². The van der Waals surface area contributed by atoms with Crippen molar-refractivity contribution in [2.45, 2.75) is 19.4 Å². The van der Waals surface area contributed by atoms with Crippen molar-refractivity contribution in [2.24, 2.45) is 11.7 Å². The Labute approximate surface area is 50.0 Å². The zero-order chi connectivity index (χ0) is 5.98. The quantitative estimate of drug-likeness (QED) is 0.536. The SMILES string of the molecule is C[C@H](N)C1CCOC1. The predicted molar refractivity (Wildman–Crippen MR) is 32.6 cm³/mol. The maximum Gasteiger partial charge on any atom is 0.0509 e. The minimum absolute atomic E-state index is 0.317. The van der Waals surface area contributed by atoms with Gasteiger partial charge in [-0.3, -0.25) is 0 Å². The fraction of sp³-hybridized carbons (Fsp3) is 1.00. The molecule has 2 atom stereocenters. The molecule has 2 nitrogen and oxygen atoms in total. The monoisotopic (exact) mass is 115 g/mol. The van der Waals surface area contributed by atoms with Gasteiger partial charge in [-0.25, -0.2) is 0 Å². The van der Waals surface area contributed by atoms with E-state index in [1.165, 1.54) is 0 Å². The third kappa shape index (κ3) is 1.20. The molecule has 1 saturated heterocycles. The van der Waals surface area contributed by atoms with Crippen molar-refractivity contribution in [3.05, 3.63) is 0 Å². The first-order chi connectivity index (χ1) is 3.80. The normalized spacial score (nSPS) is 33.0. The van der Waals surface area contributed by atoms with Crippen LogP contribution in [0.3, 0.4) is 0 Å². The first-order valence-electron chi connectivity index (χ1n) is 3.14. The molecule has 0 aromatic heterocycles. The summed E-state index contributed by atoms with van der Waals surface area (Å²) < 4.78 is 5.14. The highest BCUT2D eigenvalue weighted by Crippen LogP contribution is 2.14. The van der Waals surface area contributed by atoms with Crippen LogP contribution in [0.4, 0.5) is 0 Å². The molecule has 2 heteroatoms. The molecular weight excluding hydrogens is 102 g/mol. The molecule has 8 heavy (non-hydrogen) atoms. The van der Waals surface area contributed by atoms with Crippen molar-refractivity contribution in [1.29, 1.82) is 0 Å². The molecule has 1 unspecified atom stereocenters. The molecule has 1 fully saturated rings. The summed E-state index contributed by atoms with van der Waals surface area (Å²) in [6.45, 7) is 3.82. The van der Waals surface area contributed by atoms with Crippen LogP contribution in [0.15, 0.2) is 0 Å². The summed E-state index contributed by atoms with van der Waals surface area (Å²) >= 11 is 0. The van der Waals surface area contributed by atoms with Gasteiger partial charge in [0.15, 0.2) is 0 Å². The van der Waals surface area contributed by atoms with Crippen molar-refractivity contribution >= 4 is 0 Å². The van der Waals surface area contributed by atoms with Crippen molar-refractivity contribution in [2.75, 3.05) is 13.2 Å². The molecule has 48 valence electrons. The van der Waals surface area contributed by atoms with E-state index in [-0.39, 0.29) is 0 Å². The summed E-state index contributed by atoms with van der Waals surface area (Å²) in [7, 11) is 0. The average Bonchev–Trinajstić information content (AvgIpc) is 2.12. The van der Waals surface area contributed by atoms with Gasteiger partial charge in [0.1, 0.15) is 0 Å². The van der Waals surface area contributed by atoms with Gasteiger partial charge >= 0.3 is 0 Å². The molecule has 0 amide bonds. The van der Waals surface area contributed by atoms with Gasteiger partial charge in [-0.15, -0.1) is 0 Å². The van der Waals surface area contributed by atoms with E-state index in [1.54, 1.807) is 0 Å². The van der Waals surface area contributed by atoms with Crippen LogP contribution >= 0.6 is 0 Å². The maximum absolute atomic E-state index is 5.62. The molecule has 1 aliphatic rings. The Morgan fingerprint density at radius 1 is 1.75 bits per heavy atom. The molecule has 1 rings (SSSR count). The first kappa shape index (κ1) is 6.05. The summed E-state index contributed by atoms with van der Waals surface area (Å²) in [5.41, 5.74) is 5.62. The first-order valence-corrected chi connectivity index (χ1v) is 3.14. The summed E-state index contributed by atoms with van der Waals surface area (Å²) in [5, 5.41) is 0. The van der Waals surface area contributed by atoms with E-state index in [9.17, 15) is 0 Å². The number of nitrogens with two attached hydrogens (primary N) is 1. The number of hydrogen-bond donors (Lipinski definition) is 1. The lowest BCUT2D eigenvalue weighted by Gasteiger charge is -2.09. The number of hydrogen-bond acceptors (Lipinski definition) is 2. The summed E-state index contributed by atoms with van der Waals surface area (Å²) in [6, 6.07) is 0.317. The lowest BCUT2D eigenvalue weighted by Crippen LogP contribution is -2.26. The highest BCUT2D eigenvalue weighted by atomic mass is 16.5. The zero-order valence-electron chi connectivity index (χ0n) is 5.26. The number of ether oxygens (including phenoxy) is 1. The lowest BCUT2D eigenvalue weighted by molar-refractivity contribution is 0.182. The smallest absolute Gasteiger partial charge is 0.0509 e. The molecule has 2 N–H and O–H groups in total. The van der Waals surface area contributed by atoms with E-state index in [0.29, 0.717) is 12.0 Å². The van der Waals surface area contributed by atoms with E-state index in [4.69, 9.17) is 10.5 Å². The van der Waals surface area contributed by atoms with Gasteiger partial charge in [0.2, 0.25) is 0 Å². The van der Waals surface area contributed by atoms with Crippen molar-refractivity contribution in [3.63, 3.8) is 0 Å². The molecule has 0 radical (unpaired) electrons. The van der Waals surface area contributed by atoms with E-state index < -0.39 is 0 Å². The standard InChI is InChI=1S/C6H13NO/c1-5(7)6-2-3-8-4-6/h5-6H,2-4,7H2,1H3/t5-,6?/m0/s1. The van der Waals surface area contributed by atoms with Crippen molar-refractivity contribution in [3.8, 4) is 0 Å². The van der Waals surface area contributed by atoms with Crippen molar-refractivity contribution in [1.82, 2.24) is 0 Å². The highest BCUT2D eigenvalue weighted by molar-refractivity contribution is 4.71. The largest absolute Gasteiger partial charge is 0.381 e. The second kappa shape index (κ2) is 2.46.